The van der Waals surface area contributed by atoms with E-state index in [-0.39, 0.29) is 11.4 Å². The lowest BCUT2D eigenvalue weighted by molar-refractivity contribution is 0.0690. The van der Waals surface area contributed by atoms with Gasteiger partial charge in [-0.1, -0.05) is 11.6 Å². The minimum absolute atomic E-state index is 0.0171. The Labute approximate surface area is 108 Å². The van der Waals surface area contributed by atoms with E-state index in [1.165, 1.54) is 6.07 Å². The molecule has 0 saturated heterocycles. The number of aromatic nitrogens is 2. The van der Waals surface area contributed by atoms with Crippen molar-refractivity contribution in [1.82, 2.24) is 10.2 Å². The minimum Gasteiger partial charge on any atom is -0.507 e. The number of aromatic carboxylic acids is 1. The summed E-state index contributed by atoms with van der Waals surface area (Å²) >= 11 is 5.95. The van der Waals surface area contributed by atoms with Gasteiger partial charge in [0, 0.05) is 16.1 Å². The molecular weight excluding hydrogens is 256 g/mol. The van der Waals surface area contributed by atoms with E-state index in [4.69, 9.17) is 16.7 Å². The van der Waals surface area contributed by atoms with Gasteiger partial charge < -0.3 is 10.2 Å². The molecule has 6 heteroatoms. The van der Waals surface area contributed by atoms with Gasteiger partial charge in [-0.2, -0.15) is 5.10 Å². The van der Waals surface area contributed by atoms with Gasteiger partial charge in [-0.3, -0.25) is 5.10 Å². The summed E-state index contributed by atoms with van der Waals surface area (Å²) < 4.78 is 0. The fraction of sp³-hybridized carbons (Fsp3) is 0.167. The number of carboxylic acids is 1. The van der Waals surface area contributed by atoms with Crippen LogP contribution in [0.2, 0.25) is 5.02 Å². The number of carbonyl (C=O) groups is 1. The third kappa shape index (κ3) is 1.93. The van der Waals surface area contributed by atoms with E-state index in [0.717, 1.165) is 5.56 Å². The molecule has 1 aromatic carbocycles. The van der Waals surface area contributed by atoms with Crippen molar-refractivity contribution in [3.63, 3.8) is 0 Å². The fourth-order valence-electron chi connectivity index (χ4n) is 1.74. The van der Waals surface area contributed by atoms with E-state index >= 15 is 0 Å². The molecule has 0 fully saturated rings. The molecule has 2 aromatic rings. The Morgan fingerprint density at radius 1 is 1.39 bits per heavy atom. The number of aromatic amines is 1. The van der Waals surface area contributed by atoms with E-state index in [1.54, 1.807) is 19.9 Å². The maximum atomic E-state index is 10.8. The lowest BCUT2D eigenvalue weighted by Gasteiger charge is -2.10. The van der Waals surface area contributed by atoms with Gasteiger partial charge in [0.1, 0.15) is 11.4 Å². The van der Waals surface area contributed by atoms with Crippen molar-refractivity contribution in [3.8, 4) is 17.0 Å². The number of benzene rings is 1. The van der Waals surface area contributed by atoms with Crippen LogP contribution in [0.25, 0.3) is 11.3 Å². The van der Waals surface area contributed by atoms with Crippen molar-refractivity contribution < 1.29 is 15.0 Å². The molecule has 5 nitrogen and oxygen atoms in total. The van der Waals surface area contributed by atoms with Crippen molar-refractivity contribution in [2.45, 2.75) is 13.8 Å². The van der Waals surface area contributed by atoms with Gasteiger partial charge in [0.15, 0.2) is 0 Å². The molecule has 3 N–H and O–H groups in total. The normalized spacial score (nSPS) is 10.6. The molecule has 0 atom stereocenters. The number of halogens is 1. The highest BCUT2D eigenvalue weighted by Gasteiger charge is 2.17. The molecule has 0 aliphatic rings. The molecule has 0 bridgehead atoms. The lowest BCUT2D eigenvalue weighted by atomic mass is 10.0. The standard InChI is InChI=1S/C12H11ClN2O3/c1-5-3-7(13)6(2)11(16)10(5)8-4-9(12(17)18)15-14-8/h3-4,16H,1-2H3,(H,14,15)(H,17,18). The number of H-pyrrole nitrogens is 1. The Balaban J connectivity index is 2.63. The van der Waals surface area contributed by atoms with Crippen LogP contribution in [0, 0.1) is 13.8 Å². The van der Waals surface area contributed by atoms with Crippen LogP contribution >= 0.6 is 11.6 Å². The number of hydrogen-bond acceptors (Lipinski definition) is 3. The smallest absolute Gasteiger partial charge is 0.353 e. The van der Waals surface area contributed by atoms with Crippen LogP contribution in [-0.4, -0.2) is 26.4 Å². The van der Waals surface area contributed by atoms with Crippen molar-refractivity contribution in [2.24, 2.45) is 0 Å². The topological polar surface area (TPSA) is 86.2 Å². The zero-order valence-electron chi connectivity index (χ0n) is 9.78. The summed E-state index contributed by atoms with van der Waals surface area (Å²) in [7, 11) is 0. The number of carboxylic acid groups (broad SMARTS) is 1. The van der Waals surface area contributed by atoms with Crippen LogP contribution in [0.5, 0.6) is 5.75 Å². The predicted octanol–water partition coefficient (Wildman–Crippen LogP) is 2.75. The molecule has 18 heavy (non-hydrogen) atoms. The highest BCUT2D eigenvalue weighted by atomic mass is 35.5. The average Bonchev–Trinajstić information content (AvgIpc) is 2.75. The van der Waals surface area contributed by atoms with E-state index in [1.807, 2.05) is 0 Å². The molecule has 94 valence electrons. The minimum atomic E-state index is -1.10. The van der Waals surface area contributed by atoms with Gasteiger partial charge in [0.05, 0.1) is 5.69 Å². The Morgan fingerprint density at radius 3 is 2.61 bits per heavy atom. The van der Waals surface area contributed by atoms with Gasteiger partial charge in [0.2, 0.25) is 0 Å². The molecule has 1 aromatic heterocycles. The molecule has 0 radical (unpaired) electrons. The van der Waals surface area contributed by atoms with Gasteiger partial charge in [-0.25, -0.2) is 4.79 Å². The fourth-order valence-corrected chi connectivity index (χ4v) is 1.99. The molecule has 1 heterocycles. The molecule has 0 saturated carbocycles. The number of nitrogens with zero attached hydrogens (tertiary/aromatic N) is 1. The van der Waals surface area contributed by atoms with Crippen molar-refractivity contribution in [3.05, 3.63) is 34.0 Å². The maximum Gasteiger partial charge on any atom is 0.353 e. The van der Waals surface area contributed by atoms with Crippen molar-refractivity contribution in [1.29, 1.82) is 0 Å². The first kappa shape index (κ1) is 12.4. The summed E-state index contributed by atoms with van der Waals surface area (Å²) in [4.78, 5) is 10.8. The number of aromatic hydroxyl groups is 1. The highest BCUT2D eigenvalue weighted by Crippen LogP contribution is 2.37. The van der Waals surface area contributed by atoms with Crippen LogP contribution in [0.1, 0.15) is 21.6 Å². The van der Waals surface area contributed by atoms with Crippen LogP contribution in [0.4, 0.5) is 0 Å². The monoisotopic (exact) mass is 266 g/mol. The third-order valence-electron chi connectivity index (χ3n) is 2.75. The zero-order valence-corrected chi connectivity index (χ0v) is 10.5. The Kier molecular flexibility index (Phi) is 3.00. The maximum absolute atomic E-state index is 10.8. The van der Waals surface area contributed by atoms with E-state index in [0.29, 0.717) is 21.8 Å². The van der Waals surface area contributed by atoms with Gasteiger partial charge in [-0.15, -0.1) is 0 Å². The second-order valence-electron chi connectivity index (χ2n) is 4.00. The summed E-state index contributed by atoms with van der Waals surface area (Å²) in [6.45, 7) is 3.46. The summed E-state index contributed by atoms with van der Waals surface area (Å²) in [5.74, 6) is -1.08. The van der Waals surface area contributed by atoms with Gasteiger partial charge in [-0.05, 0) is 31.5 Å². The molecule has 0 spiro atoms. The lowest BCUT2D eigenvalue weighted by Crippen LogP contribution is -1.95. The largest absolute Gasteiger partial charge is 0.507 e. The average molecular weight is 267 g/mol. The van der Waals surface area contributed by atoms with Crippen LogP contribution in [0.15, 0.2) is 12.1 Å². The van der Waals surface area contributed by atoms with Crippen LogP contribution in [0.3, 0.4) is 0 Å². The Hall–Kier alpha value is -2.01. The number of rotatable bonds is 2. The van der Waals surface area contributed by atoms with Crippen LogP contribution < -0.4 is 0 Å². The van der Waals surface area contributed by atoms with Crippen molar-refractivity contribution >= 4 is 17.6 Å². The van der Waals surface area contributed by atoms with E-state index in [2.05, 4.69) is 10.2 Å². The summed E-state index contributed by atoms with van der Waals surface area (Å²) in [5.41, 5.74) is 2.10. The number of aryl methyl sites for hydroxylation is 1. The number of hydrogen-bond donors (Lipinski definition) is 3. The van der Waals surface area contributed by atoms with Crippen molar-refractivity contribution in [2.75, 3.05) is 0 Å². The predicted molar refractivity (Wildman–Crippen MR) is 67.1 cm³/mol. The molecule has 0 aliphatic heterocycles. The van der Waals surface area contributed by atoms with E-state index < -0.39 is 5.97 Å². The third-order valence-corrected chi connectivity index (χ3v) is 3.14. The zero-order chi connectivity index (χ0) is 13.4. The van der Waals surface area contributed by atoms with Gasteiger partial charge >= 0.3 is 5.97 Å². The molecule has 0 unspecified atom stereocenters. The molecule has 0 amide bonds. The second-order valence-corrected chi connectivity index (χ2v) is 4.40. The summed E-state index contributed by atoms with van der Waals surface area (Å²) in [6.07, 6.45) is 0. The first-order valence-corrected chi connectivity index (χ1v) is 5.57. The van der Waals surface area contributed by atoms with Crippen LogP contribution in [-0.2, 0) is 0 Å². The Morgan fingerprint density at radius 2 is 2.06 bits per heavy atom. The van der Waals surface area contributed by atoms with E-state index in [9.17, 15) is 9.90 Å². The number of nitrogens with one attached hydrogen (secondary N) is 1. The highest BCUT2D eigenvalue weighted by molar-refractivity contribution is 6.31. The molecule has 0 aliphatic carbocycles. The Bertz CT molecular complexity index is 634. The first-order valence-electron chi connectivity index (χ1n) is 5.19. The number of phenols is 1. The number of phenolic OH excluding ortho intramolecular Hbond substituents is 1. The molecule has 2 rings (SSSR count). The summed E-state index contributed by atoms with van der Waals surface area (Å²) in [5, 5.41) is 25.7. The van der Waals surface area contributed by atoms with Gasteiger partial charge in [0.25, 0.3) is 0 Å². The summed E-state index contributed by atoms with van der Waals surface area (Å²) in [6, 6.07) is 3.08. The SMILES string of the molecule is Cc1cc(Cl)c(C)c(O)c1-c1cc(C(=O)O)[nH]n1. The first-order chi connectivity index (χ1) is 8.41. The molecular formula is C12H11ClN2O3. The quantitative estimate of drug-likeness (QED) is 0.780. The second kappa shape index (κ2) is 4.34.